The maximum absolute atomic E-state index is 13.7. The lowest BCUT2D eigenvalue weighted by Crippen LogP contribution is -2.36. The number of hydrogen-bond acceptors (Lipinski definition) is 8. The molecule has 8 heteroatoms. The zero-order valence-corrected chi connectivity index (χ0v) is 23.0. The molecule has 0 saturated heterocycles. The van der Waals surface area contributed by atoms with Crippen molar-refractivity contribution < 1.29 is 28.5 Å². The molecule has 5 rings (SSSR count). The number of dihydropyridines is 1. The molecule has 3 aromatic rings. The van der Waals surface area contributed by atoms with Crippen LogP contribution >= 0.6 is 11.3 Å². The number of esters is 1. The summed E-state index contributed by atoms with van der Waals surface area (Å²) in [7, 11) is 3.14. The van der Waals surface area contributed by atoms with Crippen molar-refractivity contribution in [2.45, 2.75) is 31.6 Å². The Morgan fingerprint density at radius 3 is 2.49 bits per heavy atom. The van der Waals surface area contributed by atoms with Gasteiger partial charge in [-0.1, -0.05) is 30.3 Å². The number of carbonyl (C=O) groups excluding carboxylic acids is 2. The third kappa shape index (κ3) is 5.56. The van der Waals surface area contributed by atoms with E-state index in [2.05, 4.69) is 11.4 Å². The smallest absolute Gasteiger partial charge is 0.336 e. The van der Waals surface area contributed by atoms with Crippen LogP contribution in [0.3, 0.4) is 0 Å². The third-order valence-corrected chi connectivity index (χ3v) is 8.10. The first-order valence-electron chi connectivity index (χ1n) is 12.8. The molecule has 2 heterocycles. The van der Waals surface area contributed by atoms with Crippen LogP contribution in [0.15, 0.2) is 88.6 Å². The Balaban J connectivity index is 1.46. The van der Waals surface area contributed by atoms with E-state index in [0.717, 1.165) is 11.3 Å². The van der Waals surface area contributed by atoms with E-state index in [-0.39, 0.29) is 24.9 Å². The average molecular weight is 546 g/mol. The molecule has 1 aliphatic heterocycles. The molecule has 2 atom stereocenters. The van der Waals surface area contributed by atoms with Gasteiger partial charge in [-0.15, -0.1) is 11.3 Å². The fourth-order valence-electron chi connectivity index (χ4n) is 5.29. The first kappa shape index (κ1) is 26.6. The number of Topliss-reactive ketones (excluding diaryl/α,β-unsaturated/α-hetero) is 1. The van der Waals surface area contributed by atoms with Gasteiger partial charge < -0.3 is 24.3 Å². The minimum atomic E-state index is -0.597. The van der Waals surface area contributed by atoms with Gasteiger partial charge in [0.2, 0.25) is 0 Å². The number of allylic oxidation sites excluding steroid dienone is 3. The summed E-state index contributed by atoms with van der Waals surface area (Å²) in [5.74, 6) is 0.835. The van der Waals surface area contributed by atoms with Crippen LogP contribution < -0.4 is 19.5 Å². The topological polar surface area (TPSA) is 83.1 Å². The van der Waals surface area contributed by atoms with Gasteiger partial charge in [-0.2, -0.15) is 0 Å². The lowest BCUT2D eigenvalue weighted by atomic mass is 9.72. The molecule has 0 bridgehead atoms. The summed E-state index contributed by atoms with van der Waals surface area (Å²) < 4.78 is 22.3. The van der Waals surface area contributed by atoms with E-state index in [9.17, 15) is 9.59 Å². The van der Waals surface area contributed by atoms with Crippen LogP contribution in [-0.4, -0.2) is 39.2 Å². The molecule has 1 aliphatic carbocycles. The Hall–Kier alpha value is -4.04. The second-order valence-electron chi connectivity index (χ2n) is 9.44. The highest BCUT2D eigenvalue weighted by molar-refractivity contribution is 7.10. The molecule has 202 valence electrons. The maximum atomic E-state index is 13.7. The molecule has 39 heavy (non-hydrogen) atoms. The van der Waals surface area contributed by atoms with E-state index < -0.39 is 11.9 Å². The Kier molecular flexibility index (Phi) is 8.02. The predicted octanol–water partition coefficient (Wildman–Crippen LogP) is 5.75. The third-order valence-electron chi connectivity index (χ3n) is 7.06. The standard InChI is InChI=1S/C31H31NO6S/c1-19-28(31(34)38-14-13-37-22-8-5-4-6-9-22)29(20-11-12-25(35-2)26(18-20)36-3)30-23(32-19)16-21(17-24(30)33)27-10-7-15-39-27/h4-12,15,18,21,29,32H,13-14,16-17H2,1-3H3/t21-,29-/m1/s1. The Morgan fingerprint density at radius 2 is 1.77 bits per heavy atom. The lowest BCUT2D eigenvalue weighted by Gasteiger charge is -2.36. The van der Waals surface area contributed by atoms with Crippen molar-refractivity contribution in [3.8, 4) is 17.2 Å². The Bertz CT molecular complexity index is 1410. The van der Waals surface area contributed by atoms with Crippen molar-refractivity contribution >= 4 is 23.1 Å². The summed E-state index contributed by atoms with van der Waals surface area (Å²) >= 11 is 1.66. The summed E-state index contributed by atoms with van der Waals surface area (Å²) in [6.07, 6.45) is 1.08. The quantitative estimate of drug-likeness (QED) is 0.271. The van der Waals surface area contributed by atoms with Gasteiger partial charge in [0.25, 0.3) is 0 Å². The monoisotopic (exact) mass is 545 g/mol. The van der Waals surface area contributed by atoms with Crippen molar-refractivity contribution in [1.29, 1.82) is 0 Å². The fourth-order valence-corrected chi connectivity index (χ4v) is 6.12. The van der Waals surface area contributed by atoms with Crippen LogP contribution in [0.4, 0.5) is 0 Å². The first-order valence-corrected chi connectivity index (χ1v) is 13.7. The highest BCUT2D eigenvalue weighted by atomic mass is 32.1. The lowest BCUT2D eigenvalue weighted by molar-refractivity contribution is -0.140. The molecule has 0 saturated carbocycles. The molecule has 1 N–H and O–H groups in total. The van der Waals surface area contributed by atoms with E-state index >= 15 is 0 Å². The van der Waals surface area contributed by atoms with Gasteiger partial charge in [-0.25, -0.2) is 4.79 Å². The molecule has 0 spiro atoms. The number of carbonyl (C=O) groups is 2. The number of ether oxygens (including phenoxy) is 4. The average Bonchev–Trinajstić information content (AvgIpc) is 3.50. The fraction of sp³-hybridized carbons (Fsp3) is 0.290. The van der Waals surface area contributed by atoms with Gasteiger partial charge in [-0.05, 0) is 54.6 Å². The van der Waals surface area contributed by atoms with Gasteiger partial charge >= 0.3 is 5.97 Å². The highest BCUT2D eigenvalue weighted by Gasteiger charge is 2.41. The van der Waals surface area contributed by atoms with E-state index in [0.29, 0.717) is 46.9 Å². The number of hydrogen-bond donors (Lipinski definition) is 1. The molecule has 1 aromatic heterocycles. The van der Waals surface area contributed by atoms with Crippen LogP contribution in [0.5, 0.6) is 17.2 Å². The SMILES string of the molecule is COc1ccc([C@@H]2C(C(=O)OCCOc3ccccc3)=C(C)NC3=C2C(=O)C[C@H](c2cccs2)C3)cc1OC. The predicted molar refractivity (Wildman–Crippen MR) is 149 cm³/mol. The van der Waals surface area contributed by atoms with Crippen LogP contribution in [0.25, 0.3) is 0 Å². The van der Waals surface area contributed by atoms with Crippen LogP contribution in [-0.2, 0) is 14.3 Å². The molecule has 0 unspecified atom stereocenters. The Morgan fingerprint density at radius 1 is 0.974 bits per heavy atom. The number of rotatable bonds is 9. The summed E-state index contributed by atoms with van der Waals surface area (Å²) in [4.78, 5) is 28.5. The van der Waals surface area contributed by atoms with Crippen LogP contribution in [0, 0.1) is 0 Å². The van der Waals surface area contributed by atoms with Gasteiger partial charge in [0.05, 0.1) is 19.8 Å². The second kappa shape index (κ2) is 11.8. The van der Waals surface area contributed by atoms with E-state index in [1.807, 2.05) is 60.8 Å². The van der Waals surface area contributed by atoms with Gasteiger partial charge in [0.15, 0.2) is 17.3 Å². The normalized spacial score (nSPS) is 18.8. The molecular formula is C31H31NO6S. The van der Waals surface area contributed by atoms with Gasteiger partial charge in [0, 0.05) is 40.1 Å². The number of ketones is 1. The largest absolute Gasteiger partial charge is 0.493 e. The molecule has 2 aromatic carbocycles. The molecule has 7 nitrogen and oxygen atoms in total. The molecule has 2 aliphatic rings. The maximum Gasteiger partial charge on any atom is 0.336 e. The highest BCUT2D eigenvalue weighted by Crippen LogP contribution is 2.47. The minimum absolute atomic E-state index is 0.0205. The molecule has 0 fully saturated rings. The zero-order valence-electron chi connectivity index (χ0n) is 22.2. The molecular weight excluding hydrogens is 514 g/mol. The van der Waals surface area contributed by atoms with Crippen molar-refractivity contribution in [3.63, 3.8) is 0 Å². The number of nitrogens with one attached hydrogen (secondary N) is 1. The van der Waals surface area contributed by atoms with Gasteiger partial charge in [-0.3, -0.25) is 4.79 Å². The van der Waals surface area contributed by atoms with Crippen molar-refractivity contribution in [2.24, 2.45) is 0 Å². The van der Waals surface area contributed by atoms with E-state index in [1.165, 1.54) is 4.88 Å². The van der Waals surface area contributed by atoms with E-state index in [1.54, 1.807) is 31.6 Å². The second-order valence-corrected chi connectivity index (χ2v) is 10.4. The van der Waals surface area contributed by atoms with Crippen LogP contribution in [0.1, 0.15) is 42.0 Å². The molecule has 0 amide bonds. The summed E-state index contributed by atoms with van der Waals surface area (Å²) in [5, 5.41) is 5.43. The summed E-state index contributed by atoms with van der Waals surface area (Å²) in [6.45, 7) is 2.14. The number of methoxy groups -OCH3 is 2. The Labute approximate surface area is 232 Å². The minimum Gasteiger partial charge on any atom is -0.493 e. The zero-order chi connectivity index (χ0) is 27.4. The number of thiophene rings is 1. The van der Waals surface area contributed by atoms with Crippen molar-refractivity contribution in [2.75, 3.05) is 27.4 Å². The van der Waals surface area contributed by atoms with Crippen molar-refractivity contribution in [1.82, 2.24) is 5.32 Å². The number of para-hydroxylation sites is 1. The molecule has 0 radical (unpaired) electrons. The first-order chi connectivity index (χ1) is 19.0. The van der Waals surface area contributed by atoms with Gasteiger partial charge in [0.1, 0.15) is 19.0 Å². The number of benzene rings is 2. The van der Waals surface area contributed by atoms with Crippen LogP contribution in [0.2, 0.25) is 0 Å². The summed E-state index contributed by atoms with van der Waals surface area (Å²) in [6, 6.07) is 18.9. The summed E-state index contributed by atoms with van der Waals surface area (Å²) in [5.41, 5.74) is 3.29. The van der Waals surface area contributed by atoms with E-state index in [4.69, 9.17) is 18.9 Å². The van der Waals surface area contributed by atoms with Crippen molar-refractivity contribution in [3.05, 3.63) is 99.0 Å².